The number of carbonyl (C=O) groups is 1. The van der Waals surface area contributed by atoms with Crippen LogP contribution in [0.15, 0.2) is 18.2 Å². The van der Waals surface area contributed by atoms with Gasteiger partial charge in [-0.05, 0) is 42.9 Å². The summed E-state index contributed by atoms with van der Waals surface area (Å²) >= 11 is 0. The highest BCUT2D eigenvalue weighted by Crippen LogP contribution is 2.31. The van der Waals surface area contributed by atoms with Crippen molar-refractivity contribution in [3.8, 4) is 5.75 Å². The monoisotopic (exact) mass is 264 g/mol. The molecule has 0 aromatic heterocycles. The van der Waals surface area contributed by atoms with Crippen LogP contribution >= 0.6 is 0 Å². The standard InChI is InChI=1S/C15H20O4/c1-18-15(17)10-11-4-2-6-14-13(11)8-7-12(19-14)5-3-9-16/h2,4,6,12,16H,3,5,7-10H2,1H3. The molecule has 1 aromatic carbocycles. The lowest BCUT2D eigenvalue weighted by Gasteiger charge is -2.27. The Balaban J connectivity index is 2.09. The van der Waals surface area contributed by atoms with Gasteiger partial charge in [-0.1, -0.05) is 12.1 Å². The number of hydrogen-bond donors (Lipinski definition) is 1. The third-order valence-electron chi connectivity index (χ3n) is 3.49. The van der Waals surface area contributed by atoms with Gasteiger partial charge in [0.15, 0.2) is 0 Å². The van der Waals surface area contributed by atoms with E-state index in [1.807, 2.05) is 18.2 Å². The van der Waals surface area contributed by atoms with E-state index in [4.69, 9.17) is 14.6 Å². The van der Waals surface area contributed by atoms with Crippen LogP contribution in [0.25, 0.3) is 0 Å². The highest BCUT2D eigenvalue weighted by Gasteiger charge is 2.22. The van der Waals surface area contributed by atoms with Crippen molar-refractivity contribution in [3.63, 3.8) is 0 Å². The molecule has 104 valence electrons. The zero-order valence-electron chi connectivity index (χ0n) is 11.2. The smallest absolute Gasteiger partial charge is 0.309 e. The largest absolute Gasteiger partial charge is 0.490 e. The van der Waals surface area contributed by atoms with Crippen LogP contribution in [-0.2, 0) is 22.4 Å². The van der Waals surface area contributed by atoms with Crippen LogP contribution < -0.4 is 4.74 Å². The molecule has 0 amide bonds. The van der Waals surface area contributed by atoms with Crippen molar-refractivity contribution in [2.45, 2.75) is 38.2 Å². The molecule has 0 aliphatic carbocycles. The Labute approximate surface area is 113 Å². The molecule has 19 heavy (non-hydrogen) atoms. The molecule has 1 N–H and O–H groups in total. The number of methoxy groups -OCH3 is 1. The molecule has 1 aliphatic heterocycles. The zero-order valence-corrected chi connectivity index (χ0v) is 11.2. The first-order chi connectivity index (χ1) is 9.24. The van der Waals surface area contributed by atoms with Gasteiger partial charge >= 0.3 is 5.97 Å². The van der Waals surface area contributed by atoms with Crippen LogP contribution in [0.4, 0.5) is 0 Å². The second kappa shape index (κ2) is 6.57. The van der Waals surface area contributed by atoms with Gasteiger partial charge in [0.25, 0.3) is 0 Å². The Kier molecular flexibility index (Phi) is 4.80. The summed E-state index contributed by atoms with van der Waals surface area (Å²) in [6, 6.07) is 5.81. The maximum atomic E-state index is 11.4. The lowest BCUT2D eigenvalue weighted by atomic mass is 9.94. The van der Waals surface area contributed by atoms with Gasteiger partial charge in [0.05, 0.1) is 19.6 Å². The fourth-order valence-electron chi connectivity index (χ4n) is 2.46. The predicted molar refractivity (Wildman–Crippen MR) is 71.2 cm³/mol. The summed E-state index contributed by atoms with van der Waals surface area (Å²) in [5.74, 6) is 0.645. The zero-order chi connectivity index (χ0) is 13.7. The Morgan fingerprint density at radius 1 is 1.53 bits per heavy atom. The minimum Gasteiger partial charge on any atom is -0.490 e. The molecular formula is C15H20O4. The Morgan fingerprint density at radius 2 is 2.37 bits per heavy atom. The fourth-order valence-corrected chi connectivity index (χ4v) is 2.46. The third kappa shape index (κ3) is 3.47. The van der Waals surface area contributed by atoms with Gasteiger partial charge in [0.1, 0.15) is 5.75 Å². The third-order valence-corrected chi connectivity index (χ3v) is 3.49. The summed E-state index contributed by atoms with van der Waals surface area (Å²) in [4.78, 5) is 11.4. The van der Waals surface area contributed by atoms with Crippen LogP contribution in [-0.4, -0.2) is 30.9 Å². The van der Waals surface area contributed by atoms with Crippen LogP contribution in [0.2, 0.25) is 0 Å². The summed E-state index contributed by atoms with van der Waals surface area (Å²) in [7, 11) is 1.40. The van der Waals surface area contributed by atoms with E-state index in [1.54, 1.807) is 0 Å². The summed E-state index contributed by atoms with van der Waals surface area (Å²) in [6.45, 7) is 0.203. The molecule has 4 nitrogen and oxygen atoms in total. The minimum absolute atomic E-state index is 0.174. The second-order valence-corrected chi connectivity index (χ2v) is 4.79. The molecular weight excluding hydrogens is 244 g/mol. The van der Waals surface area contributed by atoms with Crippen molar-refractivity contribution in [3.05, 3.63) is 29.3 Å². The van der Waals surface area contributed by atoms with Gasteiger partial charge in [0, 0.05) is 6.61 Å². The van der Waals surface area contributed by atoms with Crippen LogP contribution in [0.3, 0.4) is 0 Å². The molecule has 1 unspecified atom stereocenters. The van der Waals surface area contributed by atoms with E-state index < -0.39 is 0 Å². The molecule has 2 rings (SSSR count). The van der Waals surface area contributed by atoms with Gasteiger partial charge in [-0.15, -0.1) is 0 Å². The van der Waals surface area contributed by atoms with Gasteiger partial charge in [-0.3, -0.25) is 4.79 Å². The van der Waals surface area contributed by atoms with Crippen LogP contribution in [0, 0.1) is 0 Å². The van der Waals surface area contributed by atoms with Gasteiger partial charge in [-0.2, -0.15) is 0 Å². The van der Waals surface area contributed by atoms with E-state index in [-0.39, 0.29) is 18.7 Å². The molecule has 4 heteroatoms. The number of carbonyl (C=O) groups excluding carboxylic acids is 1. The first kappa shape index (κ1) is 13.9. The van der Waals surface area contributed by atoms with Crippen molar-refractivity contribution >= 4 is 5.97 Å². The predicted octanol–water partition coefficient (Wildman–Crippen LogP) is 1.87. The number of ether oxygens (including phenoxy) is 2. The Hall–Kier alpha value is -1.55. The van der Waals surface area contributed by atoms with E-state index in [0.29, 0.717) is 6.42 Å². The first-order valence-corrected chi connectivity index (χ1v) is 6.69. The first-order valence-electron chi connectivity index (χ1n) is 6.69. The van der Waals surface area contributed by atoms with E-state index in [9.17, 15) is 4.79 Å². The molecule has 0 saturated carbocycles. The molecule has 0 spiro atoms. The fraction of sp³-hybridized carbons (Fsp3) is 0.533. The SMILES string of the molecule is COC(=O)Cc1cccc2c1CCC(CCCO)O2. The summed E-state index contributed by atoms with van der Waals surface area (Å²) in [5, 5.41) is 8.86. The molecule has 1 atom stereocenters. The molecule has 0 radical (unpaired) electrons. The number of hydrogen-bond acceptors (Lipinski definition) is 4. The van der Waals surface area contributed by atoms with Gasteiger partial charge in [0.2, 0.25) is 0 Å². The molecule has 0 bridgehead atoms. The lowest BCUT2D eigenvalue weighted by Crippen LogP contribution is -2.24. The average Bonchev–Trinajstić information content (AvgIpc) is 2.45. The van der Waals surface area contributed by atoms with Crippen molar-refractivity contribution in [2.24, 2.45) is 0 Å². The second-order valence-electron chi connectivity index (χ2n) is 4.79. The maximum Gasteiger partial charge on any atom is 0.309 e. The lowest BCUT2D eigenvalue weighted by molar-refractivity contribution is -0.139. The Morgan fingerprint density at radius 3 is 3.11 bits per heavy atom. The number of rotatable bonds is 5. The number of fused-ring (bicyclic) bond motifs is 1. The minimum atomic E-state index is -0.226. The number of benzene rings is 1. The molecule has 1 aliphatic rings. The van der Waals surface area contributed by atoms with E-state index in [0.717, 1.165) is 42.6 Å². The van der Waals surface area contributed by atoms with Crippen LogP contribution in [0.5, 0.6) is 5.75 Å². The highest BCUT2D eigenvalue weighted by atomic mass is 16.5. The van der Waals surface area contributed by atoms with Gasteiger partial charge < -0.3 is 14.6 Å². The molecule has 0 saturated heterocycles. The topological polar surface area (TPSA) is 55.8 Å². The van der Waals surface area contributed by atoms with Crippen molar-refractivity contribution in [1.82, 2.24) is 0 Å². The summed E-state index contributed by atoms with van der Waals surface area (Å²) in [6.07, 6.45) is 3.96. The van der Waals surface area contributed by atoms with Gasteiger partial charge in [-0.25, -0.2) is 0 Å². The van der Waals surface area contributed by atoms with Crippen molar-refractivity contribution < 1.29 is 19.4 Å². The summed E-state index contributed by atoms with van der Waals surface area (Å²) in [5.41, 5.74) is 2.11. The van der Waals surface area contributed by atoms with Crippen molar-refractivity contribution in [2.75, 3.05) is 13.7 Å². The van der Waals surface area contributed by atoms with E-state index >= 15 is 0 Å². The van der Waals surface area contributed by atoms with E-state index in [1.165, 1.54) is 7.11 Å². The highest BCUT2D eigenvalue weighted by molar-refractivity contribution is 5.73. The molecule has 1 heterocycles. The molecule has 1 aromatic rings. The number of aliphatic hydroxyl groups is 1. The Bertz CT molecular complexity index is 442. The summed E-state index contributed by atoms with van der Waals surface area (Å²) < 4.78 is 10.6. The van der Waals surface area contributed by atoms with Crippen LogP contribution in [0.1, 0.15) is 30.4 Å². The average molecular weight is 264 g/mol. The quantitative estimate of drug-likeness (QED) is 0.825. The number of aliphatic hydroxyl groups excluding tert-OH is 1. The normalized spacial score (nSPS) is 17.5. The maximum absolute atomic E-state index is 11.4. The van der Waals surface area contributed by atoms with Crippen molar-refractivity contribution in [1.29, 1.82) is 0 Å². The number of esters is 1. The van der Waals surface area contributed by atoms with E-state index in [2.05, 4.69) is 0 Å². The molecule has 0 fully saturated rings.